The molecule has 0 spiro atoms. The van der Waals surface area contributed by atoms with Crippen LogP contribution in [0.4, 0.5) is 0 Å². The summed E-state index contributed by atoms with van der Waals surface area (Å²) in [5.74, 6) is -4.50. The molecule has 0 aliphatic carbocycles. The summed E-state index contributed by atoms with van der Waals surface area (Å²) in [6.07, 6.45) is 1.36. The predicted octanol–water partition coefficient (Wildman–Crippen LogP) is 0.962. The number of nitrogens with two attached hydrogens (primary N) is 2. The van der Waals surface area contributed by atoms with E-state index in [-0.39, 0.29) is 19.6 Å². The van der Waals surface area contributed by atoms with Crippen molar-refractivity contribution in [1.82, 2.24) is 15.6 Å². The fraction of sp³-hybridized carbons (Fsp3) is 0.296. The highest BCUT2D eigenvalue weighted by molar-refractivity contribution is 5.99. The number of methoxy groups -OCH3 is 1. The Bertz CT molecular complexity index is 1260. The van der Waals surface area contributed by atoms with E-state index in [0.717, 1.165) is 16.5 Å². The lowest BCUT2D eigenvalue weighted by Crippen LogP contribution is -2.67. The van der Waals surface area contributed by atoms with E-state index in [4.69, 9.17) is 16.2 Å². The van der Waals surface area contributed by atoms with E-state index < -0.39 is 41.5 Å². The minimum atomic E-state index is -2.09. The third-order valence-electron chi connectivity index (χ3n) is 6.15. The van der Waals surface area contributed by atoms with E-state index in [1.165, 1.54) is 7.11 Å². The summed E-state index contributed by atoms with van der Waals surface area (Å²) < 4.78 is 5.21. The highest BCUT2D eigenvalue weighted by atomic mass is 16.5. The van der Waals surface area contributed by atoms with E-state index in [2.05, 4.69) is 15.6 Å². The molecule has 2 atom stereocenters. The molecule has 3 rings (SSSR count). The van der Waals surface area contributed by atoms with E-state index >= 15 is 0 Å². The van der Waals surface area contributed by atoms with Gasteiger partial charge in [0.05, 0.1) is 24.5 Å². The second-order valence-corrected chi connectivity index (χ2v) is 8.73. The normalized spacial score (nSPS) is 13.3. The molecule has 4 amide bonds. The van der Waals surface area contributed by atoms with E-state index in [9.17, 15) is 19.2 Å². The quantitative estimate of drug-likeness (QED) is 0.270. The van der Waals surface area contributed by atoms with Gasteiger partial charge in [0.1, 0.15) is 5.54 Å². The fourth-order valence-electron chi connectivity index (χ4n) is 4.29. The molecule has 2 aromatic carbocycles. The zero-order valence-corrected chi connectivity index (χ0v) is 20.6. The van der Waals surface area contributed by atoms with Gasteiger partial charge in [-0.05, 0) is 23.6 Å². The molecule has 0 saturated carbocycles. The number of pyridine rings is 1. The van der Waals surface area contributed by atoms with Crippen LogP contribution < -0.4 is 22.1 Å². The standard InChI is InChI=1S/C27H31N5O5/c1-37-17-21(25(35)31-16-20-10-5-9-19-11-6-14-30-24(19)20)27(26(29)36,15-22(28)33)32-23(34)13-12-18-7-3-2-4-8-18/h2-11,14,21H,12-13,15-17H2,1H3,(H2,28,33)(H2,29,36)(H,31,35)(H,32,34)/t21-,27?/m0/s1. The Morgan fingerprint density at radius 1 is 1.00 bits per heavy atom. The van der Waals surface area contributed by atoms with Crippen LogP contribution in [0.15, 0.2) is 66.9 Å². The van der Waals surface area contributed by atoms with Crippen LogP contribution in [0.2, 0.25) is 0 Å². The van der Waals surface area contributed by atoms with Gasteiger partial charge < -0.3 is 26.8 Å². The average molecular weight is 506 g/mol. The van der Waals surface area contributed by atoms with Gasteiger partial charge in [0.2, 0.25) is 23.6 Å². The Labute approximate surface area is 214 Å². The lowest BCUT2D eigenvalue weighted by atomic mass is 9.79. The average Bonchev–Trinajstić information content (AvgIpc) is 2.89. The van der Waals surface area contributed by atoms with E-state index in [1.54, 1.807) is 6.20 Å². The van der Waals surface area contributed by atoms with Crippen molar-refractivity contribution in [3.63, 3.8) is 0 Å². The molecule has 10 heteroatoms. The Hall–Kier alpha value is -4.31. The number of nitrogens with one attached hydrogen (secondary N) is 2. The molecular formula is C27H31N5O5. The van der Waals surface area contributed by atoms with Gasteiger partial charge in [-0.15, -0.1) is 0 Å². The van der Waals surface area contributed by atoms with Crippen molar-refractivity contribution < 1.29 is 23.9 Å². The molecule has 6 N–H and O–H groups in total. The highest BCUT2D eigenvalue weighted by Gasteiger charge is 2.50. The van der Waals surface area contributed by atoms with Crippen LogP contribution in [0, 0.1) is 5.92 Å². The Balaban J connectivity index is 1.84. The number of carbonyl (C=O) groups is 4. The Morgan fingerprint density at radius 3 is 2.41 bits per heavy atom. The molecule has 194 valence electrons. The lowest BCUT2D eigenvalue weighted by molar-refractivity contribution is -0.144. The molecule has 0 bridgehead atoms. The molecule has 0 aliphatic heterocycles. The number of ether oxygens (including phenoxy) is 1. The number of carbonyl (C=O) groups excluding carboxylic acids is 4. The van der Waals surface area contributed by atoms with Crippen LogP contribution in [-0.4, -0.2) is 47.9 Å². The number of aryl methyl sites for hydroxylation is 1. The van der Waals surface area contributed by atoms with Crippen molar-refractivity contribution in [2.75, 3.05) is 13.7 Å². The fourth-order valence-corrected chi connectivity index (χ4v) is 4.29. The lowest BCUT2D eigenvalue weighted by Gasteiger charge is -2.37. The predicted molar refractivity (Wildman–Crippen MR) is 138 cm³/mol. The van der Waals surface area contributed by atoms with Crippen LogP contribution >= 0.6 is 0 Å². The first kappa shape index (κ1) is 27.3. The smallest absolute Gasteiger partial charge is 0.244 e. The van der Waals surface area contributed by atoms with Crippen LogP contribution in [0.5, 0.6) is 0 Å². The molecule has 0 radical (unpaired) electrons. The number of para-hydroxylation sites is 1. The summed E-state index contributed by atoms with van der Waals surface area (Å²) in [6, 6.07) is 18.5. The summed E-state index contributed by atoms with van der Waals surface area (Å²) in [4.78, 5) is 55.5. The summed E-state index contributed by atoms with van der Waals surface area (Å²) >= 11 is 0. The third kappa shape index (κ3) is 6.89. The van der Waals surface area contributed by atoms with Crippen molar-refractivity contribution in [3.05, 3.63) is 78.0 Å². The number of nitrogens with zero attached hydrogens (tertiary/aromatic N) is 1. The zero-order valence-electron chi connectivity index (χ0n) is 20.6. The first-order valence-electron chi connectivity index (χ1n) is 11.8. The van der Waals surface area contributed by atoms with Crippen molar-refractivity contribution in [1.29, 1.82) is 0 Å². The topological polar surface area (TPSA) is 166 Å². The number of hydrogen-bond donors (Lipinski definition) is 4. The first-order chi connectivity index (χ1) is 17.8. The maximum atomic E-state index is 13.4. The molecule has 3 aromatic rings. The van der Waals surface area contributed by atoms with Gasteiger partial charge in [-0.2, -0.15) is 0 Å². The van der Waals surface area contributed by atoms with Crippen LogP contribution in [0.3, 0.4) is 0 Å². The highest BCUT2D eigenvalue weighted by Crippen LogP contribution is 2.24. The number of hydrogen-bond acceptors (Lipinski definition) is 6. The summed E-state index contributed by atoms with van der Waals surface area (Å²) in [6.45, 7) is -0.213. The molecule has 1 unspecified atom stereocenters. The van der Waals surface area contributed by atoms with E-state index in [0.29, 0.717) is 11.9 Å². The SMILES string of the molecule is COC[C@@H](C(=O)NCc1cccc2cccnc12)C(CC(N)=O)(NC(=O)CCc1ccccc1)C(N)=O. The maximum absolute atomic E-state index is 13.4. The number of aromatic nitrogens is 1. The van der Waals surface area contributed by atoms with Gasteiger partial charge in [0, 0.05) is 31.7 Å². The van der Waals surface area contributed by atoms with Crippen molar-refractivity contribution in [2.45, 2.75) is 31.3 Å². The van der Waals surface area contributed by atoms with E-state index in [1.807, 2.05) is 60.7 Å². The van der Waals surface area contributed by atoms with Crippen LogP contribution in [0.1, 0.15) is 24.0 Å². The molecule has 0 fully saturated rings. The number of benzene rings is 2. The van der Waals surface area contributed by atoms with Crippen molar-refractivity contribution >= 4 is 34.5 Å². The minimum Gasteiger partial charge on any atom is -0.384 e. The van der Waals surface area contributed by atoms with Crippen molar-refractivity contribution in [3.8, 4) is 0 Å². The van der Waals surface area contributed by atoms with Gasteiger partial charge in [0.15, 0.2) is 0 Å². The molecule has 10 nitrogen and oxygen atoms in total. The van der Waals surface area contributed by atoms with Gasteiger partial charge in [-0.1, -0.05) is 54.6 Å². The second-order valence-electron chi connectivity index (χ2n) is 8.73. The number of fused-ring (bicyclic) bond motifs is 1. The van der Waals surface area contributed by atoms with Crippen LogP contribution in [0.25, 0.3) is 10.9 Å². The molecule has 0 saturated heterocycles. The molecule has 1 aromatic heterocycles. The second kappa shape index (κ2) is 12.6. The maximum Gasteiger partial charge on any atom is 0.244 e. The summed E-state index contributed by atoms with van der Waals surface area (Å²) in [5.41, 5.74) is 11.4. The Kier molecular flexibility index (Phi) is 9.28. The molecular weight excluding hydrogens is 474 g/mol. The Morgan fingerprint density at radius 2 is 1.73 bits per heavy atom. The molecule has 0 aliphatic rings. The van der Waals surface area contributed by atoms with Gasteiger partial charge in [0.25, 0.3) is 0 Å². The summed E-state index contributed by atoms with van der Waals surface area (Å²) in [7, 11) is 1.34. The monoisotopic (exact) mass is 505 g/mol. The van der Waals surface area contributed by atoms with Crippen LogP contribution in [-0.2, 0) is 36.9 Å². The zero-order chi connectivity index (χ0) is 26.8. The summed E-state index contributed by atoms with van der Waals surface area (Å²) in [5, 5.41) is 6.22. The van der Waals surface area contributed by atoms with Gasteiger partial charge in [-0.25, -0.2) is 0 Å². The van der Waals surface area contributed by atoms with Gasteiger partial charge >= 0.3 is 0 Å². The molecule has 37 heavy (non-hydrogen) atoms. The largest absolute Gasteiger partial charge is 0.384 e. The number of amides is 4. The number of rotatable bonds is 13. The van der Waals surface area contributed by atoms with Crippen molar-refractivity contribution in [2.24, 2.45) is 17.4 Å². The minimum absolute atomic E-state index is 0.000794. The first-order valence-corrected chi connectivity index (χ1v) is 11.8. The molecule has 1 heterocycles. The third-order valence-corrected chi connectivity index (χ3v) is 6.15. The van der Waals surface area contributed by atoms with Gasteiger partial charge in [-0.3, -0.25) is 24.2 Å². The number of primary amides is 2.